The first kappa shape index (κ1) is 28.2. The third-order valence-corrected chi connectivity index (χ3v) is 11.9. The monoisotopic (exact) mass is 619 g/mol. The molecule has 0 amide bonds. The molecule has 0 fully saturated rings. The molecule has 10 rings (SSSR count). The Morgan fingerprint density at radius 2 is 1.52 bits per heavy atom. The number of hydrogen-bond donors (Lipinski definition) is 0. The second-order valence-electron chi connectivity index (χ2n) is 14.4. The summed E-state index contributed by atoms with van der Waals surface area (Å²) in [6.45, 7) is 0. The fourth-order valence-electron chi connectivity index (χ4n) is 9.86. The van der Waals surface area contributed by atoms with Crippen molar-refractivity contribution in [3.8, 4) is 0 Å². The zero-order chi connectivity index (χ0) is 31.6. The average molecular weight is 620 g/mol. The van der Waals surface area contributed by atoms with E-state index in [0.717, 1.165) is 44.9 Å². The van der Waals surface area contributed by atoms with Crippen molar-refractivity contribution in [3.63, 3.8) is 0 Å². The Morgan fingerprint density at radius 3 is 2.44 bits per heavy atom. The van der Waals surface area contributed by atoms with Crippen LogP contribution in [0.1, 0.15) is 67.9 Å². The lowest BCUT2D eigenvalue weighted by molar-refractivity contribution is 0.355. The summed E-state index contributed by atoms with van der Waals surface area (Å²) in [5.74, 6) is 1.04. The Hall–Kier alpha value is -4.88. The van der Waals surface area contributed by atoms with Crippen molar-refractivity contribution >= 4 is 10.8 Å². The first-order valence-electron chi connectivity index (χ1n) is 18.2. The van der Waals surface area contributed by atoms with Crippen LogP contribution in [0.2, 0.25) is 0 Å². The predicted molar refractivity (Wildman–Crippen MR) is 199 cm³/mol. The molecule has 0 aromatic heterocycles. The normalized spacial score (nSPS) is 27.2. The molecule has 1 heterocycles. The molecule has 3 unspecified atom stereocenters. The van der Waals surface area contributed by atoms with E-state index in [4.69, 9.17) is 0 Å². The lowest BCUT2D eigenvalue weighted by atomic mass is 9.76. The molecule has 0 radical (unpaired) electrons. The summed E-state index contributed by atoms with van der Waals surface area (Å²) in [6.07, 6.45) is 34.9. The second-order valence-corrected chi connectivity index (χ2v) is 14.4. The van der Waals surface area contributed by atoms with Gasteiger partial charge in [-0.3, -0.25) is 0 Å². The van der Waals surface area contributed by atoms with Gasteiger partial charge < -0.3 is 4.90 Å². The molecule has 4 atom stereocenters. The molecule has 1 aliphatic heterocycles. The summed E-state index contributed by atoms with van der Waals surface area (Å²) in [5, 5.41) is 2.73. The van der Waals surface area contributed by atoms with Gasteiger partial charge in [-0.15, -0.1) is 0 Å². The number of fused-ring (bicyclic) bond motifs is 5. The topological polar surface area (TPSA) is 3.24 Å². The van der Waals surface area contributed by atoms with Crippen LogP contribution in [0.4, 0.5) is 0 Å². The van der Waals surface area contributed by atoms with Gasteiger partial charge in [0.2, 0.25) is 0 Å². The Labute approximate surface area is 284 Å². The Kier molecular flexibility index (Phi) is 6.67. The summed E-state index contributed by atoms with van der Waals surface area (Å²) >= 11 is 0. The van der Waals surface area contributed by atoms with Gasteiger partial charge in [-0.2, -0.15) is 0 Å². The summed E-state index contributed by atoms with van der Waals surface area (Å²) in [7, 11) is 0. The van der Waals surface area contributed by atoms with Gasteiger partial charge in [-0.05, 0) is 106 Å². The number of nitrogens with zero attached hydrogens (tertiary/aromatic N) is 1. The molecule has 0 bridgehead atoms. The molecular weight excluding hydrogens is 579 g/mol. The SMILES string of the molecule is C1=CCCC(C2=CC(N3C4=C(C=CCC4)C4C5=C(C=CC43)[C@H](c3cccc4ccccc34)C3=C5C=CCC3)=CC(c3ccccc3)C2)=C1. The first-order valence-corrected chi connectivity index (χ1v) is 18.2. The van der Waals surface area contributed by atoms with Crippen LogP contribution in [0, 0.1) is 5.92 Å². The zero-order valence-corrected chi connectivity index (χ0v) is 27.5. The van der Waals surface area contributed by atoms with E-state index in [-0.39, 0.29) is 6.04 Å². The van der Waals surface area contributed by atoms with E-state index in [1.54, 1.807) is 16.7 Å². The van der Waals surface area contributed by atoms with E-state index < -0.39 is 0 Å². The highest BCUT2D eigenvalue weighted by molar-refractivity contribution is 5.88. The molecule has 0 saturated carbocycles. The first-order chi connectivity index (χ1) is 23.8. The molecule has 6 aliphatic carbocycles. The van der Waals surface area contributed by atoms with Crippen molar-refractivity contribution < 1.29 is 0 Å². The summed E-state index contributed by atoms with van der Waals surface area (Å²) in [4.78, 5) is 2.77. The van der Waals surface area contributed by atoms with Crippen molar-refractivity contribution in [2.45, 2.75) is 62.8 Å². The van der Waals surface area contributed by atoms with Crippen molar-refractivity contribution in [1.82, 2.24) is 4.90 Å². The molecule has 1 nitrogen and oxygen atoms in total. The number of allylic oxidation sites excluding steroid dienone is 16. The van der Waals surface area contributed by atoms with E-state index in [1.807, 2.05) is 0 Å². The van der Waals surface area contributed by atoms with Gasteiger partial charge in [-0.25, -0.2) is 0 Å². The van der Waals surface area contributed by atoms with Gasteiger partial charge in [0.25, 0.3) is 0 Å². The predicted octanol–water partition coefficient (Wildman–Crippen LogP) is 11.6. The second kappa shape index (κ2) is 11.4. The number of rotatable bonds is 4. The largest absolute Gasteiger partial charge is 0.337 e. The standard InChI is InChI=1S/C47H41N/c1-3-14-31(15-4-1)34-28-35(32-16-5-2-6-17-32)30-36(29-34)48-43-25-12-11-23-41(43)47-44(48)27-26-42-45(39-21-9-10-22-40(39)46(42)47)38-24-13-19-33-18-7-8-20-37(33)38/h1-5,7-8,10-11,13-16,18-20,22-24,26-27,29-30,34,44-45,47H,6,9,12,17,21,25,28H2/t34?,44?,45-,47?/m1/s1. The van der Waals surface area contributed by atoms with Crippen LogP contribution in [0.3, 0.4) is 0 Å². The molecule has 0 spiro atoms. The third kappa shape index (κ3) is 4.37. The quantitative estimate of drug-likeness (QED) is 0.281. The summed E-state index contributed by atoms with van der Waals surface area (Å²) < 4.78 is 0. The van der Waals surface area contributed by atoms with Gasteiger partial charge in [0.15, 0.2) is 0 Å². The molecule has 0 N–H and O–H groups in total. The molecule has 1 heteroatoms. The van der Waals surface area contributed by atoms with Crippen molar-refractivity contribution in [2.24, 2.45) is 5.92 Å². The smallest absolute Gasteiger partial charge is 0.0632 e. The Balaban J connectivity index is 1.13. The minimum Gasteiger partial charge on any atom is -0.337 e. The van der Waals surface area contributed by atoms with Gasteiger partial charge in [0.1, 0.15) is 0 Å². The zero-order valence-electron chi connectivity index (χ0n) is 27.5. The van der Waals surface area contributed by atoms with E-state index in [9.17, 15) is 0 Å². The van der Waals surface area contributed by atoms with Crippen molar-refractivity contribution in [2.75, 3.05) is 0 Å². The lowest BCUT2D eigenvalue weighted by Gasteiger charge is -2.37. The summed E-state index contributed by atoms with van der Waals surface area (Å²) in [5.41, 5.74) is 16.7. The molecule has 3 aromatic rings. The third-order valence-electron chi connectivity index (χ3n) is 11.9. The van der Waals surface area contributed by atoms with Gasteiger partial charge in [-0.1, -0.05) is 139 Å². The van der Waals surface area contributed by atoms with Crippen LogP contribution in [0.15, 0.2) is 190 Å². The highest BCUT2D eigenvalue weighted by Crippen LogP contribution is 2.59. The minimum absolute atomic E-state index is 0.283. The Morgan fingerprint density at radius 1 is 0.688 bits per heavy atom. The van der Waals surface area contributed by atoms with E-state index in [2.05, 4.69) is 145 Å². The average Bonchev–Trinajstić information content (AvgIpc) is 3.68. The number of hydrogen-bond acceptors (Lipinski definition) is 1. The molecule has 234 valence electrons. The Bertz CT molecular complexity index is 2160. The van der Waals surface area contributed by atoms with E-state index >= 15 is 0 Å². The molecule has 48 heavy (non-hydrogen) atoms. The van der Waals surface area contributed by atoms with E-state index in [0.29, 0.717) is 17.8 Å². The van der Waals surface area contributed by atoms with E-state index in [1.165, 1.54) is 55.6 Å². The maximum atomic E-state index is 2.77. The van der Waals surface area contributed by atoms with Crippen LogP contribution in [-0.2, 0) is 0 Å². The van der Waals surface area contributed by atoms with Crippen LogP contribution in [-0.4, -0.2) is 10.9 Å². The van der Waals surface area contributed by atoms with Gasteiger partial charge >= 0.3 is 0 Å². The van der Waals surface area contributed by atoms with Crippen LogP contribution in [0.5, 0.6) is 0 Å². The highest BCUT2D eigenvalue weighted by Gasteiger charge is 2.48. The molecule has 3 aromatic carbocycles. The van der Waals surface area contributed by atoms with Gasteiger partial charge in [0.05, 0.1) is 6.04 Å². The fourth-order valence-corrected chi connectivity index (χ4v) is 9.86. The molecular formula is C47H41N. The van der Waals surface area contributed by atoms with Crippen LogP contribution in [0.25, 0.3) is 10.8 Å². The van der Waals surface area contributed by atoms with Crippen LogP contribution < -0.4 is 0 Å². The molecule has 0 saturated heterocycles. The maximum Gasteiger partial charge on any atom is 0.0632 e. The highest BCUT2D eigenvalue weighted by atomic mass is 15.2. The maximum absolute atomic E-state index is 2.77. The lowest BCUT2D eigenvalue weighted by Crippen LogP contribution is -2.35. The van der Waals surface area contributed by atoms with Crippen molar-refractivity contribution in [3.05, 3.63) is 201 Å². The molecule has 7 aliphatic rings. The van der Waals surface area contributed by atoms with Crippen LogP contribution >= 0.6 is 0 Å². The fraction of sp³-hybridized carbons (Fsp3) is 0.234. The van der Waals surface area contributed by atoms with Crippen molar-refractivity contribution in [1.29, 1.82) is 0 Å². The van der Waals surface area contributed by atoms with Gasteiger partial charge in [0, 0.05) is 29.1 Å². The minimum atomic E-state index is 0.283. The summed E-state index contributed by atoms with van der Waals surface area (Å²) in [6, 6.07) is 27.4. The number of benzene rings is 3.